The third kappa shape index (κ3) is 3.51. The Balaban J connectivity index is 1.57. The number of ether oxygens (including phenoxy) is 2. The van der Waals surface area contributed by atoms with Gasteiger partial charge in [-0.05, 0) is 55.8 Å². The van der Waals surface area contributed by atoms with Crippen LogP contribution in [0.5, 0.6) is 11.5 Å². The predicted molar refractivity (Wildman–Crippen MR) is 141 cm³/mol. The minimum Gasteiger partial charge on any atom is -0.493 e. The van der Waals surface area contributed by atoms with Crippen LogP contribution in [0.3, 0.4) is 0 Å². The highest BCUT2D eigenvalue weighted by Crippen LogP contribution is 2.43. The number of nitrogens with one attached hydrogen (secondary N) is 1. The van der Waals surface area contributed by atoms with Crippen LogP contribution in [0.15, 0.2) is 79.0 Å². The molecule has 0 aliphatic carbocycles. The largest absolute Gasteiger partial charge is 0.493 e. The fraction of sp³-hybridized carbons (Fsp3) is 0.172. The molecule has 0 spiro atoms. The zero-order valence-electron chi connectivity index (χ0n) is 20.7. The summed E-state index contributed by atoms with van der Waals surface area (Å²) in [6.45, 7) is 4.16. The van der Waals surface area contributed by atoms with Crippen LogP contribution in [0.4, 0.5) is 5.69 Å². The summed E-state index contributed by atoms with van der Waals surface area (Å²) < 4.78 is 15.1. The second kappa shape index (κ2) is 8.61. The van der Waals surface area contributed by atoms with Gasteiger partial charge < -0.3 is 14.8 Å². The normalized spacial score (nSPS) is 14.1. The Morgan fingerprint density at radius 2 is 1.64 bits per heavy atom. The fourth-order valence-electron chi connectivity index (χ4n) is 4.90. The van der Waals surface area contributed by atoms with E-state index in [4.69, 9.17) is 19.7 Å². The number of para-hydroxylation sites is 2. The van der Waals surface area contributed by atoms with E-state index in [2.05, 4.69) is 47.4 Å². The van der Waals surface area contributed by atoms with Crippen molar-refractivity contribution in [3.05, 3.63) is 95.8 Å². The lowest BCUT2D eigenvalue weighted by Gasteiger charge is -2.30. The number of methoxy groups -OCH3 is 2. The van der Waals surface area contributed by atoms with Gasteiger partial charge >= 0.3 is 0 Å². The smallest absolute Gasteiger partial charge is 0.161 e. The van der Waals surface area contributed by atoms with E-state index in [1.807, 2.05) is 60.1 Å². The van der Waals surface area contributed by atoms with E-state index in [9.17, 15) is 0 Å². The summed E-state index contributed by atoms with van der Waals surface area (Å²) in [6.07, 6.45) is 1.84. The third-order valence-electron chi connectivity index (χ3n) is 6.65. The molecule has 1 aliphatic heterocycles. The summed E-state index contributed by atoms with van der Waals surface area (Å²) in [6, 6.07) is 24.5. The second-order valence-corrected chi connectivity index (χ2v) is 8.94. The highest BCUT2D eigenvalue weighted by molar-refractivity contribution is 5.82. The average Bonchev–Trinajstić information content (AvgIpc) is 3.53. The lowest BCUT2D eigenvalue weighted by Crippen LogP contribution is -2.26. The number of aromatic nitrogens is 4. The molecule has 180 valence electrons. The topological polar surface area (TPSA) is 66.1 Å². The van der Waals surface area contributed by atoms with Gasteiger partial charge in [0.15, 0.2) is 17.7 Å². The molecule has 36 heavy (non-hydrogen) atoms. The lowest BCUT2D eigenvalue weighted by molar-refractivity contribution is 0.355. The zero-order chi connectivity index (χ0) is 24.8. The number of anilines is 1. The highest BCUT2D eigenvalue weighted by Gasteiger charge is 2.31. The van der Waals surface area contributed by atoms with Gasteiger partial charge in [-0.15, -0.1) is 0 Å². The number of rotatable bonds is 5. The van der Waals surface area contributed by atoms with Crippen LogP contribution in [-0.4, -0.2) is 33.8 Å². The molecule has 7 nitrogen and oxygen atoms in total. The van der Waals surface area contributed by atoms with Crippen molar-refractivity contribution in [3.63, 3.8) is 0 Å². The predicted octanol–water partition coefficient (Wildman–Crippen LogP) is 6.01. The molecule has 6 rings (SSSR count). The first-order chi connectivity index (χ1) is 17.6. The standard InChI is InChI=1S/C29H27N5O2/c1-18-9-8-12-22-24-15-19(2)31-34(24)29(30-27(18)22)23-17-33(21-10-6-5-7-11-21)32-28(23)20-13-14-25(35-3)26(16-20)36-4/h5-17,29-30H,1-4H3. The Morgan fingerprint density at radius 3 is 2.42 bits per heavy atom. The van der Waals surface area contributed by atoms with Crippen molar-refractivity contribution in [2.45, 2.75) is 20.0 Å². The van der Waals surface area contributed by atoms with Gasteiger partial charge in [0, 0.05) is 28.6 Å². The number of benzene rings is 3. The van der Waals surface area contributed by atoms with Crippen molar-refractivity contribution in [2.24, 2.45) is 0 Å². The Hall–Kier alpha value is -4.52. The molecule has 1 N–H and O–H groups in total. The molecule has 1 unspecified atom stereocenters. The summed E-state index contributed by atoms with van der Waals surface area (Å²) >= 11 is 0. The molecular weight excluding hydrogens is 450 g/mol. The first kappa shape index (κ1) is 22.0. The summed E-state index contributed by atoms with van der Waals surface area (Å²) in [5.74, 6) is 1.33. The molecule has 0 fully saturated rings. The number of hydrogen-bond donors (Lipinski definition) is 1. The number of hydrogen-bond acceptors (Lipinski definition) is 5. The van der Waals surface area contributed by atoms with E-state index >= 15 is 0 Å². The SMILES string of the molecule is COc1ccc(-c2nn(-c3ccccc3)cc2C2Nc3c(C)cccc3-c3cc(C)nn32)cc1OC. The van der Waals surface area contributed by atoms with Crippen LogP contribution in [0.2, 0.25) is 0 Å². The highest BCUT2D eigenvalue weighted by atomic mass is 16.5. The van der Waals surface area contributed by atoms with Gasteiger partial charge in [-0.3, -0.25) is 0 Å². The Kier molecular flexibility index (Phi) is 5.25. The first-order valence-corrected chi connectivity index (χ1v) is 11.9. The minimum absolute atomic E-state index is 0.247. The molecular formula is C29H27N5O2. The van der Waals surface area contributed by atoms with Crippen LogP contribution < -0.4 is 14.8 Å². The molecule has 3 heterocycles. The van der Waals surface area contributed by atoms with Crippen molar-refractivity contribution < 1.29 is 9.47 Å². The number of aryl methyl sites for hydroxylation is 2. The molecule has 0 amide bonds. The van der Waals surface area contributed by atoms with Crippen molar-refractivity contribution in [2.75, 3.05) is 19.5 Å². The van der Waals surface area contributed by atoms with E-state index in [1.54, 1.807) is 14.2 Å². The van der Waals surface area contributed by atoms with Crippen LogP contribution in [0.1, 0.15) is 23.0 Å². The molecule has 7 heteroatoms. The second-order valence-electron chi connectivity index (χ2n) is 8.94. The fourth-order valence-corrected chi connectivity index (χ4v) is 4.90. The van der Waals surface area contributed by atoms with Crippen LogP contribution in [0, 0.1) is 13.8 Å². The minimum atomic E-state index is -0.247. The maximum Gasteiger partial charge on any atom is 0.161 e. The summed E-state index contributed by atoms with van der Waals surface area (Å²) in [4.78, 5) is 0. The van der Waals surface area contributed by atoms with Crippen molar-refractivity contribution in [1.82, 2.24) is 19.6 Å². The summed E-state index contributed by atoms with van der Waals surface area (Å²) in [5.41, 5.74) is 9.25. The van der Waals surface area contributed by atoms with Gasteiger partial charge in [0.2, 0.25) is 0 Å². The maximum absolute atomic E-state index is 5.60. The average molecular weight is 478 g/mol. The van der Waals surface area contributed by atoms with Gasteiger partial charge in [-0.2, -0.15) is 10.2 Å². The molecule has 0 bridgehead atoms. The van der Waals surface area contributed by atoms with Gasteiger partial charge in [0.1, 0.15) is 5.69 Å². The van der Waals surface area contributed by atoms with Gasteiger partial charge in [0.25, 0.3) is 0 Å². The van der Waals surface area contributed by atoms with Crippen molar-refractivity contribution in [3.8, 4) is 39.7 Å². The Morgan fingerprint density at radius 1 is 0.833 bits per heavy atom. The Labute approximate surface area is 209 Å². The molecule has 0 saturated carbocycles. The summed E-state index contributed by atoms with van der Waals surface area (Å²) in [7, 11) is 3.28. The number of fused-ring (bicyclic) bond motifs is 3. The monoisotopic (exact) mass is 477 g/mol. The molecule has 3 aromatic carbocycles. The summed E-state index contributed by atoms with van der Waals surface area (Å²) in [5, 5.41) is 13.7. The van der Waals surface area contributed by atoms with E-state index in [0.717, 1.165) is 45.1 Å². The van der Waals surface area contributed by atoms with E-state index in [0.29, 0.717) is 11.5 Å². The number of nitrogens with zero attached hydrogens (tertiary/aromatic N) is 4. The quantitative estimate of drug-likeness (QED) is 0.336. The first-order valence-electron chi connectivity index (χ1n) is 11.9. The molecule has 5 aromatic rings. The molecule has 1 atom stereocenters. The molecule has 1 aliphatic rings. The lowest BCUT2D eigenvalue weighted by atomic mass is 9.99. The van der Waals surface area contributed by atoms with E-state index < -0.39 is 0 Å². The van der Waals surface area contributed by atoms with Gasteiger partial charge in [-0.25, -0.2) is 9.36 Å². The van der Waals surface area contributed by atoms with Crippen LogP contribution >= 0.6 is 0 Å². The van der Waals surface area contributed by atoms with Gasteiger partial charge in [0.05, 0.1) is 31.3 Å². The van der Waals surface area contributed by atoms with Crippen LogP contribution in [0.25, 0.3) is 28.2 Å². The van der Waals surface area contributed by atoms with Crippen molar-refractivity contribution in [1.29, 1.82) is 0 Å². The molecule has 2 aromatic heterocycles. The molecule has 0 saturated heterocycles. The Bertz CT molecular complexity index is 1570. The molecule has 0 radical (unpaired) electrons. The van der Waals surface area contributed by atoms with E-state index in [-0.39, 0.29) is 6.17 Å². The zero-order valence-corrected chi connectivity index (χ0v) is 20.7. The van der Waals surface area contributed by atoms with Gasteiger partial charge in [-0.1, -0.05) is 36.4 Å². The van der Waals surface area contributed by atoms with E-state index in [1.165, 1.54) is 5.56 Å². The van der Waals surface area contributed by atoms with Crippen molar-refractivity contribution >= 4 is 5.69 Å². The third-order valence-corrected chi connectivity index (χ3v) is 6.65. The van der Waals surface area contributed by atoms with Crippen LogP contribution in [-0.2, 0) is 0 Å². The maximum atomic E-state index is 5.60.